The third-order valence-corrected chi connectivity index (χ3v) is 6.01. The number of allylic oxidation sites excluding steroid dienone is 2. The summed E-state index contributed by atoms with van der Waals surface area (Å²) in [4.78, 5) is 38.9. The van der Waals surface area contributed by atoms with Gasteiger partial charge in [0.15, 0.2) is 0 Å². The first-order chi connectivity index (χ1) is 17.0. The number of carbonyl (C=O) groups excluding carboxylic acids is 3. The molecule has 0 saturated heterocycles. The third-order valence-electron chi connectivity index (χ3n) is 6.01. The van der Waals surface area contributed by atoms with Crippen molar-refractivity contribution in [2.75, 3.05) is 13.2 Å². The molecule has 7 nitrogen and oxygen atoms in total. The second-order valence-electron chi connectivity index (χ2n) is 9.00. The molecule has 1 aliphatic heterocycles. The fourth-order valence-electron chi connectivity index (χ4n) is 4.03. The molecule has 35 heavy (non-hydrogen) atoms. The molecule has 0 aliphatic carbocycles. The summed E-state index contributed by atoms with van der Waals surface area (Å²) in [5.74, 6) is -2.51. The number of amides is 2. The van der Waals surface area contributed by atoms with Crippen LogP contribution >= 0.6 is 0 Å². The van der Waals surface area contributed by atoms with Crippen LogP contribution < -0.4 is 10.6 Å². The predicted molar refractivity (Wildman–Crippen MR) is 133 cm³/mol. The van der Waals surface area contributed by atoms with Crippen molar-refractivity contribution in [3.8, 4) is 0 Å². The van der Waals surface area contributed by atoms with Crippen LogP contribution in [-0.4, -0.2) is 48.2 Å². The maximum absolute atomic E-state index is 13.1. The smallest absolute Gasteiger partial charge is 0.309 e. The standard InChI is InChI=1S/C28H34N2O5/c1-20(18-31)29-26(32)25-15-9-8-14-23(16-21-10-4-2-5-11-21)28(34)35-19-24(30-27(25)33)17-22-12-6-3-7-13-22/h2-13,20,23-25,31H,14-19H2,1H3,(H,29,32)(H,30,33)/t20-,23?,24?,25?/m1/s1. The number of aliphatic hydroxyl groups is 1. The van der Waals surface area contributed by atoms with Gasteiger partial charge in [0.25, 0.3) is 0 Å². The lowest BCUT2D eigenvalue weighted by Crippen LogP contribution is -2.49. The number of nitrogens with one attached hydrogen (secondary N) is 2. The molecule has 1 heterocycles. The van der Waals surface area contributed by atoms with Crippen LogP contribution in [-0.2, 0) is 32.0 Å². The summed E-state index contributed by atoms with van der Waals surface area (Å²) in [6, 6.07) is 18.4. The van der Waals surface area contributed by atoms with Gasteiger partial charge in [0.1, 0.15) is 12.5 Å². The highest BCUT2D eigenvalue weighted by molar-refractivity contribution is 6.00. The van der Waals surface area contributed by atoms with E-state index in [1.54, 1.807) is 13.0 Å². The molecule has 0 fully saturated rings. The van der Waals surface area contributed by atoms with Crippen molar-refractivity contribution in [1.29, 1.82) is 0 Å². The lowest BCUT2D eigenvalue weighted by molar-refractivity contribution is -0.150. The molecule has 1 aliphatic rings. The van der Waals surface area contributed by atoms with Gasteiger partial charge in [0.2, 0.25) is 11.8 Å². The Morgan fingerprint density at radius 2 is 1.60 bits per heavy atom. The molecule has 2 amide bonds. The summed E-state index contributed by atoms with van der Waals surface area (Å²) in [6.07, 6.45) is 5.24. The molecule has 3 N–H and O–H groups in total. The van der Waals surface area contributed by atoms with Gasteiger partial charge < -0.3 is 20.5 Å². The first-order valence-electron chi connectivity index (χ1n) is 12.1. The first kappa shape index (κ1) is 26.2. The van der Waals surface area contributed by atoms with Crippen LogP contribution in [0.25, 0.3) is 0 Å². The van der Waals surface area contributed by atoms with E-state index >= 15 is 0 Å². The second kappa shape index (κ2) is 13.4. The number of hydrogen-bond acceptors (Lipinski definition) is 5. The number of carbonyl (C=O) groups is 3. The molecule has 3 unspecified atom stereocenters. The molecular weight excluding hydrogens is 444 g/mol. The first-order valence-corrected chi connectivity index (χ1v) is 12.1. The Balaban J connectivity index is 1.82. The van der Waals surface area contributed by atoms with E-state index in [0.29, 0.717) is 19.3 Å². The zero-order valence-electron chi connectivity index (χ0n) is 20.1. The van der Waals surface area contributed by atoms with Gasteiger partial charge in [-0.15, -0.1) is 0 Å². The van der Waals surface area contributed by atoms with E-state index in [4.69, 9.17) is 4.74 Å². The van der Waals surface area contributed by atoms with Gasteiger partial charge in [-0.05, 0) is 43.7 Å². The number of benzene rings is 2. The van der Waals surface area contributed by atoms with Crippen molar-refractivity contribution in [1.82, 2.24) is 10.6 Å². The van der Waals surface area contributed by atoms with Crippen molar-refractivity contribution in [2.45, 2.75) is 44.7 Å². The fourth-order valence-corrected chi connectivity index (χ4v) is 4.03. The van der Waals surface area contributed by atoms with Crippen LogP contribution in [0.5, 0.6) is 0 Å². The number of cyclic esters (lactones) is 1. The number of esters is 1. The average molecular weight is 479 g/mol. The zero-order chi connectivity index (χ0) is 25.0. The largest absolute Gasteiger partial charge is 0.463 e. The van der Waals surface area contributed by atoms with E-state index in [0.717, 1.165) is 11.1 Å². The van der Waals surface area contributed by atoms with E-state index in [2.05, 4.69) is 10.6 Å². The van der Waals surface area contributed by atoms with Crippen molar-refractivity contribution < 1.29 is 24.2 Å². The summed E-state index contributed by atoms with van der Waals surface area (Å²) >= 11 is 0. The van der Waals surface area contributed by atoms with E-state index in [9.17, 15) is 19.5 Å². The summed E-state index contributed by atoms with van der Waals surface area (Å²) in [5.41, 5.74) is 2.02. The van der Waals surface area contributed by atoms with Crippen LogP contribution in [0.2, 0.25) is 0 Å². The van der Waals surface area contributed by atoms with Crippen LogP contribution in [0.4, 0.5) is 0 Å². The fraction of sp³-hybridized carbons (Fsp3) is 0.393. The molecule has 0 radical (unpaired) electrons. The molecule has 0 bridgehead atoms. The van der Waals surface area contributed by atoms with Crippen LogP contribution in [0, 0.1) is 11.8 Å². The molecule has 0 aromatic heterocycles. The molecule has 186 valence electrons. The van der Waals surface area contributed by atoms with Crippen molar-refractivity contribution in [3.05, 3.63) is 83.9 Å². The Labute approximate surface area is 206 Å². The molecule has 0 spiro atoms. The maximum Gasteiger partial charge on any atom is 0.309 e. The quantitative estimate of drug-likeness (QED) is 0.322. The Morgan fingerprint density at radius 1 is 1.00 bits per heavy atom. The number of aliphatic hydroxyl groups excluding tert-OH is 1. The van der Waals surface area contributed by atoms with Gasteiger partial charge >= 0.3 is 5.97 Å². The van der Waals surface area contributed by atoms with E-state index < -0.39 is 29.8 Å². The van der Waals surface area contributed by atoms with E-state index in [-0.39, 0.29) is 31.5 Å². The lowest BCUT2D eigenvalue weighted by Gasteiger charge is -2.24. The Morgan fingerprint density at radius 3 is 2.23 bits per heavy atom. The molecule has 0 saturated carbocycles. The minimum absolute atomic E-state index is 0.00978. The predicted octanol–water partition coefficient (Wildman–Crippen LogP) is 2.58. The third kappa shape index (κ3) is 8.37. The zero-order valence-corrected chi connectivity index (χ0v) is 20.1. The minimum Gasteiger partial charge on any atom is -0.463 e. The number of rotatable bonds is 7. The van der Waals surface area contributed by atoms with Gasteiger partial charge in [0, 0.05) is 6.04 Å². The summed E-state index contributed by atoms with van der Waals surface area (Å²) in [7, 11) is 0. The maximum atomic E-state index is 13.1. The topological polar surface area (TPSA) is 105 Å². The van der Waals surface area contributed by atoms with Crippen molar-refractivity contribution in [2.24, 2.45) is 11.8 Å². The molecule has 3 rings (SSSR count). The van der Waals surface area contributed by atoms with Gasteiger partial charge in [-0.1, -0.05) is 72.8 Å². The molecule has 4 atom stereocenters. The van der Waals surface area contributed by atoms with E-state index in [1.165, 1.54) is 0 Å². The molecule has 7 heteroatoms. The number of ether oxygens (including phenoxy) is 1. The summed E-state index contributed by atoms with van der Waals surface area (Å²) < 4.78 is 5.69. The second-order valence-corrected chi connectivity index (χ2v) is 9.00. The monoisotopic (exact) mass is 478 g/mol. The number of hydrogen-bond donors (Lipinski definition) is 3. The van der Waals surface area contributed by atoms with Gasteiger partial charge in [-0.2, -0.15) is 0 Å². The average Bonchev–Trinajstić information content (AvgIpc) is 2.86. The van der Waals surface area contributed by atoms with Gasteiger partial charge in [-0.25, -0.2) is 0 Å². The molecule has 2 aromatic rings. The lowest BCUT2D eigenvalue weighted by atomic mass is 9.94. The normalized spacial score (nSPS) is 22.2. The highest BCUT2D eigenvalue weighted by Gasteiger charge is 2.30. The Kier molecular flexibility index (Phi) is 10.0. The van der Waals surface area contributed by atoms with E-state index in [1.807, 2.05) is 66.7 Å². The van der Waals surface area contributed by atoms with Crippen LogP contribution in [0.1, 0.15) is 30.9 Å². The molecular formula is C28H34N2O5. The Hall–Kier alpha value is -3.45. The van der Waals surface area contributed by atoms with Gasteiger partial charge in [-0.3, -0.25) is 14.4 Å². The van der Waals surface area contributed by atoms with Crippen LogP contribution in [0.15, 0.2) is 72.8 Å². The summed E-state index contributed by atoms with van der Waals surface area (Å²) in [6.45, 7) is 1.46. The minimum atomic E-state index is -0.957. The highest BCUT2D eigenvalue weighted by atomic mass is 16.5. The highest BCUT2D eigenvalue weighted by Crippen LogP contribution is 2.18. The Bertz CT molecular complexity index is 993. The van der Waals surface area contributed by atoms with Crippen molar-refractivity contribution >= 4 is 17.8 Å². The molecule has 2 aromatic carbocycles. The SMILES string of the molecule is C[C@H](CO)NC(=O)C1CC=CCC(Cc2ccccc2)C(=O)OCC(Cc2ccccc2)NC1=O. The van der Waals surface area contributed by atoms with Gasteiger partial charge in [0.05, 0.1) is 18.6 Å². The van der Waals surface area contributed by atoms with Crippen molar-refractivity contribution in [3.63, 3.8) is 0 Å². The summed E-state index contributed by atoms with van der Waals surface area (Å²) in [5, 5.41) is 14.9. The van der Waals surface area contributed by atoms with Crippen LogP contribution in [0.3, 0.4) is 0 Å².